The first-order valence-electron chi connectivity index (χ1n) is 10.1. The van der Waals surface area contributed by atoms with Gasteiger partial charge in [0.05, 0.1) is 0 Å². The summed E-state index contributed by atoms with van der Waals surface area (Å²) in [5.41, 5.74) is 0.789. The number of aromatic nitrogens is 2. The fraction of sp³-hybridized carbons (Fsp3) is 0.429. The Hall–Kier alpha value is -2.87. The van der Waals surface area contributed by atoms with Crippen molar-refractivity contribution in [2.24, 2.45) is 0 Å². The van der Waals surface area contributed by atoms with E-state index in [1.165, 1.54) is 0 Å². The molecule has 3 heterocycles. The zero-order valence-electron chi connectivity index (χ0n) is 16.8. The zero-order chi connectivity index (χ0) is 21.1. The molecule has 2 aromatic rings. The minimum absolute atomic E-state index is 0.0252. The summed E-state index contributed by atoms with van der Waals surface area (Å²) in [5.74, 6) is 1.21. The molecule has 0 atom stereocenters. The Morgan fingerprint density at radius 1 is 1.13 bits per heavy atom. The predicted molar refractivity (Wildman–Crippen MR) is 113 cm³/mol. The molecule has 1 aromatic heterocycles. The van der Waals surface area contributed by atoms with Crippen LogP contribution in [0.2, 0.25) is 5.02 Å². The highest BCUT2D eigenvalue weighted by Gasteiger charge is 2.33. The molecule has 0 N–H and O–H groups in total. The van der Waals surface area contributed by atoms with Gasteiger partial charge < -0.3 is 14.5 Å². The van der Waals surface area contributed by atoms with Crippen molar-refractivity contribution in [1.29, 1.82) is 0 Å². The smallest absolute Gasteiger partial charge is 0.325 e. The van der Waals surface area contributed by atoms with Crippen molar-refractivity contribution >= 4 is 29.2 Å². The number of piperidine rings is 1. The molecule has 0 bridgehead atoms. The Labute approximate surface area is 180 Å². The second-order valence-corrected chi connectivity index (χ2v) is 7.91. The van der Waals surface area contributed by atoms with Crippen LogP contribution in [0.15, 0.2) is 36.5 Å². The predicted octanol–water partition coefficient (Wildman–Crippen LogP) is 2.75. The number of aryl methyl sites for hydroxylation is 1. The molecule has 2 aliphatic rings. The average Bonchev–Trinajstić information content (AvgIpc) is 3.09. The highest BCUT2D eigenvalue weighted by molar-refractivity contribution is 6.30. The van der Waals surface area contributed by atoms with E-state index in [0.29, 0.717) is 42.9 Å². The number of anilines is 1. The first kappa shape index (κ1) is 20.4. The van der Waals surface area contributed by atoms with E-state index in [4.69, 9.17) is 16.3 Å². The minimum Gasteiger partial charge on any atom is -0.474 e. The number of halogens is 1. The number of hydrogen-bond acceptors (Lipinski definition) is 5. The van der Waals surface area contributed by atoms with E-state index in [2.05, 4.69) is 9.97 Å². The van der Waals surface area contributed by atoms with Crippen molar-refractivity contribution in [3.05, 3.63) is 47.4 Å². The van der Waals surface area contributed by atoms with Gasteiger partial charge in [-0.1, -0.05) is 11.6 Å². The number of ether oxygens (including phenoxy) is 1. The normalized spacial score (nSPS) is 17.5. The Bertz CT molecular complexity index is 915. The summed E-state index contributed by atoms with van der Waals surface area (Å²) in [4.78, 5) is 38.9. The fourth-order valence-corrected chi connectivity index (χ4v) is 3.87. The largest absolute Gasteiger partial charge is 0.474 e. The minimum atomic E-state index is -0.150. The van der Waals surface area contributed by atoms with Crippen LogP contribution in [0.4, 0.5) is 10.5 Å². The summed E-state index contributed by atoms with van der Waals surface area (Å²) < 4.78 is 5.92. The number of hydrogen-bond donors (Lipinski definition) is 0. The quantitative estimate of drug-likeness (QED) is 0.730. The highest BCUT2D eigenvalue weighted by Crippen LogP contribution is 2.23. The summed E-state index contributed by atoms with van der Waals surface area (Å²) in [7, 11) is 0. The van der Waals surface area contributed by atoms with Crippen LogP contribution in [0.5, 0.6) is 5.88 Å². The van der Waals surface area contributed by atoms with Crippen LogP contribution in [-0.2, 0) is 4.79 Å². The van der Waals surface area contributed by atoms with Gasteiger partial charge in [-0.05, 0) is 31.2 Å². The Balaban J connectivity index is 1.27. The lowest BCUT2D eigenvalue weighted by Gasteiger charge is -2.32. The van der Waals surface area contributed by atoms with Crippen molar-refractivity contribution in [3.63, 3.8) is 0 Å². The lowest BCUT2D eigenvalue weighted by molar-refractivity contribution is -0.133. The van der Waals surface area contributed by atoms with Crippen LogP contribution >= 0.6 is 11.6 Å². The van der Waals surface area contributed by atoms with Crippen LogP contribution in [0.3, 0.4) is 0 Å². The van der Waals surface area contributed by atoms with E-state index in [1.807, 2.05) is 24.0 Å². The number of carbonyl (C=O) groups excluding carboxylic acids is 2. The molecule has 1 aromatic carbocycles. The molecular formula is C21H24ClN5O3. The molecule has 158 valence electrons. The van der Waals surface area contributed by atoms with E-state index >= 15 is 0 Å². The van der Waals surface area contributed by atoms with Crippen LogP contribution < -0.4 is 9.64 Å². The van der Waals surface area contributed by atoms with Crippen molar-refractivity contribution in [1.82, 2.24) is 19.8 Å². The van der Waals surface area contributed by atoms with Crippen molar-refractivity contribution in [2.45, 2.75) is 25.9 Å². The third kappa shape index (κ3) is 4.64. The number of rotatable bonds is 5. The summed E-state index contributed by atoms with van der Waals surface area (Å²) in [5, 5.41) is 0.625. The van der Waals surface area contributed by atoms with Gasteiger partial charge in [-0.25, -0.2) is 9.78 Å². The molecule has 0 unspecified atom stereocenters. The molecule has 30 heavy (non-hydrogen) atoms. The molecule has 4 rings (SSSR count). The Morgan fingerprint density at radius 3 is 2.57 bits per heavy atom. The lowest BCUT2D eigenvalue weighted by Crippen LogP contribution is -2.47. The number of amides is 3. The first-order valence-corrected chi connectivity index (χ1v) is 10.4. The number of likely N-dealkylation sites (tertiary alicyclic amines) is 1. The number of nitrogens with zero attached hydrogens (tertiary/aromatic N) is 5. The second-order valence-electron chi connectivity index (χ2n) is 7.47. The molecule has 9 heteroatoms. The molecule has 2 aliphatic heterocycles. The van der Waals surface area contributed by atoms with Gasteiger partial charge >= 0.3 is 6.03 Å². The second kappa shape index (κ2) is 8.87. The van der Waals surface area contributed by atoms with E-state index in [1.54, 1.807) is 34.2 Å². The number of benzene rings is 1. The zero-order valence-corrected chi connectivity index (χ0v) is 17.6. The summed E-state index contributed by atoms with van der Waals surface area (Å²) in [6.07, 6.45) is 3.17. The van der Waals surface area contributed by atoms with Crippen LogP contribution in [0.1, 0.15) is 18.7 Å². The van der Waals surface area contributed by atoms with Gasteiger partial charge in [-0.2, -0.15) is 4.98 Å². The third-order valence-electron chi connectivity index (χ3n) is 5.39. The number of urea groups is 1. The van der Waals surface area contributed by atoms with Crippen LogP contribution in [0.25, 0.3) is 0 Å². The molecule has 3 amide bonds. The van der Waals surface area contributed by atoms with Crippen molar-refractivity contribution < 1.29 is 14.3 Å². The molecule has 8 nitrogen and oxygen atoms in total. The number of carbonyl (C=O) groups is 2. The molecule has 0 radical (unpaired) electrons. The van der Waals surface area contributed by atoms with E-state index < -0.39 is 0 Å². The standard InChI is InChI=1S/C21H24ClN5O3/c1-15-23-9-6-19(24-15)30-18-7-10-25(11-8-18)20(28)14-26-12-13-27(21(26)29)17-4-2-16(22)3-5-17/h2-6,9,18H,7-8,10-14H2,1H3. The molecular weight excluding hydrogens is 406 g/mol. The molecule has 0 saturated carbocycles. The highest BCUT2D eigenvalue weighted by atomic mass is 35.5. The summed E-state index contributed by atoms with van der Waals surface area (Å²) >= 11 is 5.92. The first-order chi connectivity index (χ1) is 14.5. The maximum absolute atomic E-state index is 12.7. The van der Waals surface area contributed by atoms with E-state index in [9.17, 15) is 9.59 Å². The van der Waals surface area contributed by atoms with E-state index in [0.717, 1.165) is 18.5 Å². The average molecular weight is 430 g/mol. The Kier molecular flexibility index (Phi) is 6.03. The molecule has 0 aliphatic carbocycles. The van der Waals surface area contributed by atoms with Crippen LogP contribution in [-0.4, -0.2) is 70.5 Å². The molecule has 2 fully saturated rings. The molecule has 0 spiro atoms. The van der Waals surface area contributed by atoms with Gasteiger partial charge in [0.2, 0.25) is 11.8 Å². The molecule has 2 saturated heterocycles. The van der Waals surface area contributed by atoms with Gasteiger partial charge in [-0.15, -0.1) is 0 Å². The maximum Gasteiger partial charge on any atom is 0.325 e. The Morgan fingerprint density at radius 2 is 1.87 bits per heavy atom. The topological polar surface area (TPSA) is 78.9 Å². The lowest BCUT2D eigenvalue weighted by atomic mass is 10.1. The van der Waals surface area contributed by atoms with Crippen molar-refractivity contribution in [3.8, 4) is 5.88 Å². The van der Waals surface area contributed by atoms with Gasteiger partial charge in [0.15, 0.2) is 0 Å². The third-order valence-corrected chi connectivity index (χ3v) is 5.64. The monoisotopic (exact) mass is 429 g/mol. The van der Waals surface area contributed by atoms with E-state index in [-0.39, 0.29) is 24.6 Å². The fourth-order valence-electron chi connectivity index (χ4n) is 3.75. The van der Waals surface area contributed by atoms with Crippen LogP contribution in [0, 0.1) is 6.92 Å². The summed E-state index contributed by atoms with van der Waals surface area (Å²) in [6, 6.07) is 8.74. The van der Waals surface area contributed by atoms with Crippen molar-refractivity contribution in [2.75, 3.05) is 37.6 Å². The van der Waals surface area contributed by atoms with Gasteiger partial charge in [0, 0.05) is 62.0 Å². The van der Waals surface area contributed by atoms with Gasteiger partial charge in [-0.3, -0.25) is 9.69 Å². The maximum atomic E-state index is 12.7. The van der Waals surface area contributed by atoms with Gasteiger partial charge in [0.25, 0.3) is 0 Å². The summed E-state index contributed by atoms with van der Waals surface area (Å²) in [6.45, 7) is 4.22. The van der Waals surface area contributed by atoms with Gasteiger partial charge in [0.1, 0.15) is 18.5 Å². The SMILES string of the molecule is Cc1nccc(OC2CCN(C(=O)CN3CCN(c4ccc(Cl)cc4)C3=O)CC2)n1.